The number of aromatic nitrogens is 2. The predicted molar refractivity (Wildman–Crippen MR) is 237 cm³/mol. The van der Waals surface area contributed by atoms with Gasteiger partial charge in [-0.05, 0) is 94.1 Å². The van der Waals surface area contributed by atoms with Gasteiger partial charge in [-0.15, -0.1) is 0 Å². The first-order chi connectivity index (χ1) is 28.9. The van der Waals surface area contributed by atoms with Crippen LogP contribution in [0.4, 0.5) is 34.5 Å². The van der Waals surface area contributed by atoms with Crippen molar-refractivity contribution in [2.75, 3.05) is 73.6 Å². The maximum Gasteiger partial charge on any atom is 0.262 e. The number of fused-ring (bicyclic) bond motifs is 1. The number of anilines is 6. The number of methoxy groups -OCH3 is 1. The normalized spacial score (nSPS) is 21.4. The highest BCUT2D eigenvalue weighted by Crippen LogP contribution is 2.37. The van der Waals surface area contributed by atoms with Gasteiger partial charge in [0.2, 0.25) is 17.8 Å². The molecule has 0 radical (unpaired) electrons. The van der Waals surface area contributed by atoms with E-state index in [1.54, 1.807) is 25.4 Å². The van der Waals surface area contributed by atoms with Gasteiger partial charge < -0.3 is 25.2 Å². The number of piperidine rings is 2. The number of hydrogen-bond acceptors (Lipinski definition) is 12. The molecule has 5 heterocycles. The molecule has 3 fully saturated rings. The van der Waals surface area contributed by atoms with Gasteiger partial charge in [-0.2, -0.15) is 4.98 Å². The number of para-hydroxylation sites is 1. The average molecular weight is 852 g/mol. The number of hydrogen-bond donors (Lipinski definition) is 3. The van der Waals surface area contributed by atoms with Gasteiger partial charge in [-0.3, -0.25) is 34.3 Å². The number of nitrogens with zero attached hydrogens (tertiary/aromatic N) is 6. The monoisotopic (exact) mass is 851 g/mol. The number of piperazine rings is 1. The molecule has 0 aliphatic carbocycles. The second kappa shape index (κ2) is 17.4. The number of carbonyl (C=O) groups excluding carboxylic acids is 4. The van der Waals surface area contributed by atoms with E-state index in [0.29, 0.717) is 39.6 Å². The van der Waals surface area contributed by atoms with Crippen LogP contribution in [0, 0.1) is 5.92 Å². The molecule has 3 unspecified atom stereocenters. The summed E-state index contributed by atoms with van der Waals surface area (Å²) in [5.41, 5.74) is 4.33. The van der Waals surface area contributed by atoms with Crippen LogP contribution < -0.4 is 35.8 Å². The molecule has 3 aromatic carbocycles. The van der Waals surface area contributed by atoms with Crippen LogP contribution in [0.25, 0.3) is 0 Å². The van der Waals surface area contributed by atoms with Crippen LogP contribution in [0.2, 0.25) is 5.02 Å². The molecule has 60 heavy (non-hydrogen) atoms. The van der Waals surface area contributed by atoms with Crippen LogP contribution in [0.5, 0.6) is 5.75 Å². The van der Waals surface area contributed by atoms with Gasteiger partial charge in [0.15, 0.2) is 5.82 Å². The van der Waals surface area contributed by atoms with Crippen LogP contribution in [0.15, 0.2) is 66.9 Å². The first-order valence-corrected chi connectivity index (χ1v) is 23.1. The quantitative estimate of drug-likeness (QED) is 0.116. The van der Waals surface area contributed by atoms with Gasteiger partial charge in [0.05, 0.1) is 30.1 Å². The molecule has 0 spiro atoms. The Morgan fingerprint density at radius 3 is 2.27 bits per heavy atom. The van der Waals surface area contributed by atoms with E-state index in [0.717, 1.165) is 73.2 Å². The van der Waals surface area contributed by atoms with Crippen LogP contribution in [-0.2, 0) is 9.59 Å². The van der Waals surface area contributed by atoms with E-state index < -0.39 is 23.8 Å². The zero-order valence-corrected chi connectivity index (χ0v) is 36.2. The second-order valence-corrected chi connectivity index (χ2v) is 19.0. The molecule has 1 aromatic heterocycles. The minimum atomic E-state index is -0.979. The van der Waals surface area contributed by atoms with Crippen LogP contribution >= 0.6 is 19.5 Å². The van der Waals surface area contributed by atoms with Crippen molar-refractivity contribution in [2.24, 2.45) is 5.92 Å². The van der Waals surface area contributed by atoms with Crippen LogP contribution in [0.1, 0.15) is 60.2 Å². The smallest absolute Gasteiger partial charge is 0.262 e. The number of ether oxygens (including phenoxy) is 1. The van der Waals surface area contributed by atoms with Crippen LogP contribution in [-0.4, -0.2) is 115 Å². The van der Waals surface area contributed by atoms with E-state index in [1.165, 1.54) is 5.30 Å². The van der Waals surface area contributed by atoms with E-state index in [1.807, 2.05) is 30.3 Å². The average Bonchev–Trinajstić information content (AvgIpc) is 3.48. The van der Waals surface area contributed by atoms with Gasteiger partial charge >= 0.3 is 0 Å². The molecule has 0 bridgehead atoms. The Hall–Kier alpha value is -5.30. The topological polar surface area (TPSA) is 152 Å². The van der Waals surface area contributed by atoms with Crippen molar-refractivity contribution in [1.29, 1.82) is 0 Å². The van der Waals surface area contributed by atoms with Crippen molar-refractivity contribution >= 4 is 83.0 Å². The molecule has 4 aromatic rings. The molecule has 3 saturated heterocycles. The Kier molecular flexibility index (Phi) is 12.0. The Labute approximate surface area is 356 Å². The van der Waals surface area contributed by atoms with Gasteiger partial charge in [-0.1, -0.05) is 37.7 Å². The third-order valence-corrected chi connectivity index (χ3v) is 13.8. The third kappa shape index (κ3) is 8.37. The molecule has 314 valence electrons. The number of imide groups is 2. The van der Waals surface area contributed by atoms with Crippen molar-refractivity contribution in [2.45, 2.75) is 57.7 Å². The summed E-state index contributed by atoms with van der Waals surface area (Å²) in [6.07, 6.45) is 3.96. The number of benzene rings is 3. The zero-order chi connectivity index (χ0) is 42.2. The van der Waals surface area contributed by atoms with Crippen molar-refractivity contribution in [3.05, 3.63) is 83.0 Å². The lowest BCUT2D eigenvalue weighted by atomic mass is 9.93. The van der Waals surface area contributed by atoms with E-state index in [-0.39, 0.29) is 38.8 Å². The van der Waals surface area contributed by atoms with Gasteiger partial charge in [0.25, 0.3) is 11.8 Å². The summed E-state index contributed by atoms with van der Waals surface area (Å²) >= 11 is 6.53. The lowest BCUT2D eigenvalue weighted by Gasteiger charge is -2.47. The van der Waals surface area contributed by atoms with Crippen molar-refractivity contribution in [3.63, 3.8) is 0 Å². The van der Waals surface area contributed by atoms with E-state index in [2.05, 4.69) is 81.0 Å². The zero-order valence-electron chi connectivity index (χ0n) is 34.6. The predicted octanol–water partition coefficient (Wildman–Crippen LogP) is 6.21. The second-order valence-electron chi connectivity index (χ2n) is 16.3. The lowest BCUT2D eigenvalue weighted by Crippen LogP contribution is -2.58. The summed E-state index contributed by atoms with van der Waals surface area (Å²) in [4.78, 5) is 68.4. The number of halogens is 1. The summed E-state index contributed by atoms with van der Waals surface area (Å²) in [6, 6.07) is 19.3. The molecule has 8 rings (SSSR count). The molecular formula is C44H51ClN9O5P. The van der Waals surface area contributed by atoms with Crippen molar-refractivity contribution in [1.82, 2.24) is 25.1 Å². The minimum Gasteiger partial charge on any atom is -0.494 e. The highest BCUT2D eigenvalue weighted by molar-refractivity contribution is 7.64. The number of rotatable bonds is 11. The molecule has 14 nitrogen and oxygen atoms in total. The minimum absolute atomic E-state index is 0.0910. The lowest BCUT2D eigenvalue weighted by molar-refractivity contribution is -0.136. The van der Waals surface area contributed by atoms with Crippen molar-refractivity contribution in [3.8, 4) is 5.75 Å². The molecule has 3 atom stereocenters. The van der Waals surface area contributed by atoms with Gasteiger partial charge in [-0.25, -0.2) is 4.98 Å². The fourth-order valence-electron chi connectivity index (χ4n) is 8.97. The summed E-state index contributed by atoms with van der Waals surface area (Å²) in [5, 5.41) is 10.7. The van der Waals surface area contributed by atoms with E-state index >= 15 is 0 Å². The van der Waals surface area contributed by atoms with E-state index in [9.17, 15) is 19.2 Å². The first kappa shape index (κ1) is 41.4. The highest BCUT2D eigenvalue weighted by atomic mass is 35.5. The maximum atomic E-state index is 13.5. The number of nitrogens with one attached hydrogen (secondary N) is 3. The summed E-state index contributed by atoms with van der Waals surface area (Å²) in [7, 11) is 1.34. The number of amides is 4. The van der Waals surface area contributed by atoms with Gasteiger partial charge in [0, 0.05) is 74.4 Å². The molecule has 4 aliphatic heterocycles. The third-order valence-electron chi connectivity index (χ3n) is 12.2. The van der Waals surface area contributed by atoms with Gasteiger partial charge in [0.1, 0.15) is 16.8 Å². The summed E-state index contributed by atoms with van der Waals surface area (Å²) < 4.78 is 5.84. The SMILES string of the molecule is COc1cc(N2CCC(CN3C(C)CN(c4ccc5c(c4)C(=O)N(C4CCC(=O)NC4=O)C5=O)CC3C)CC2)ccc1Nc1ncc(Cl)c(Nc2ccccc2P(C)C)n1. The molecular weight excluding hydrogens is 801 g/mol. The first-order valence-electron chi connectivity index (χ1n) is 20.5. The molecule has 3 N–H and O–H groups in total. The number of carbonyl (C=O) groups is 4. The standard InChI is InChI=1S/C44H51ClN9O5P/c1-26-23-52(29-10-12-31-32(20-29)43(58)54(42(31)57)36-14-15-39(55)49-41(36)56)24-27(2)53(26)25-28-16-18-51(19-17-28)30-11-13-34(37(21-30)59-3)48-44-46-22-33(45)40(50-44)47-35-8-6-7-9-38(35)60(4)5/h6-13,20-22,26-28,36H,14-19,23-25H2,1-5H3,(H,49,55,56)(H2,46,47,48,50). The Morgan fingerprint density at radius 1 is 0.850 bits per heavy atom. The summed E-state index contributed by atoms with van der Waals surface area (Å²) in [5.74, 6) is 0.219. The maximum absolute atomic E-state index is 13.5. The molecule has 0 saturated carbocycles. The summed E-state index contributed by atoms with van der Waals surface area (Å²) in [6.45, 7) is 13.4. The fraction of sp³-hybridized carbons (Fsp3) is 0.409. The largest absolute Gasteiger partial charge is 0.494 e. The Balaban J connectivity index is 0.858. The molecule has 16 heteroatoms. The van der Waals surface area contributed by atoms with E-state index in [4.69, 9.17) is 21.3 Å². The fourth-order valence-corrected chi connectivity index (χ4v) is 10.1. The molecule has 4 amide bonds. The molecule has 4 aliphatic rings. The van der Waals surface area contributed by atoms with Crippen LogP contribution in [0.3, 0.4) is 0 Å². The Morgan fingerprint density at radius 2 is 1.55 bits per heavy atom. The Bertz CT molecular complexity index is 2310. The van der Waals surface area contributed by atoms with Crippen molar-refractivity contribution < 1.29 is 23.9 Å². The highest BCUT2D eigenvalue weighted by Gasteiger charge is 2.45.